The Kier molecular flexibility index (Phi) is 19.4. The fraction of sp³-hybridized carbons (Fsp3) is 0.516. The molecule has 5 aromatic rings. The first-order valence-corrected chi connectivity index (χ1v) is 29.2. The minimum Gasteiger partial charge on any atom is -0.491 e. The molecule has 0 spiro atoms. The second-order valence-electron chi connectivity index (χ2n) is 23.4. The summed E-state index contributed by atoms with van der Waals surface area (Å²) in [4.78, 5) is 66.5. The summed E-state index contributed by atoms with van der Waals surface area (Å²) in [5.74, 6) is 0.720. The molecule has 18 heteroatoms. The average molecular weight is 1130 g/mol. The Morgan fingerprint density at radius 3 is 2.25 bits per heavy atom. The molecule has 0 unspecified atom stereocenters. The van der Waals surface area contributed by atoms with Gasteiger partial charge in [0.05, 0.1) is 49.8 Å². The van der Waals surface area contributed by atoms with Crippen LogP contribution in [0.1, 0.15) is 122 Å². The zero-order chi connectivity index (χ0) is 57.4. The molecule has 16 nitrogen and oxygen atoms in total. The monoisotopic (exact) mass is 1130 g/mol. The van der Waals surface area contributed by atoms with E-state index in [0.29, 0.717) is 68.1 Å². The molecule has 2 heterocycles. The molecule has 428 valence electrons. The topological polar surface area (TPSA) is 174 Å². The van der Waals surface area contributed by atoms with E-state index in [0.717, 1.165) is 83.4 Å². The second-order valence-corrected chi connectivity index (χ2v) is 24.7. The van der Waals surface area contributed by atoms with Crippen molar-refractivity contribution in [2.45, 2.75) is 136 Å². The maximum atomic E-state index is 14.7. The predicted molar refractivity (Wildman–Crippen MR) is 314 cm³/mol. The van der Waals surface area contributed by atoms with Gasteiger partial charge in [-0.15, -0.1) is 11.3 Å². The molecule has 1 aliphatic heterocycles. The number of likely N-dealkylation sites (tertiary alicyclic amines) is 1. The number of thiazole rings is 1. The Morgan fingerprint density at radius 1 is 0.875 bits per heavy atom. The van der Waals surface area contributed by atoms with Gasteiger partial charge in [-0.25, -0.2) is 14.6 Å². The van der Waals surface area contributed by atoms with Gasteiger partial charge >= 0.3 is 6.09 Å². The highest BCUT2D eigenvalue weighted by molar-refractivity contribution is 7.10. The third-order valence-corrected chi connectivity index (χ3v) is 17.1. The van der Waals surface area contributed by atoms with Gasteiger partial charge in [0.25, 0.3) is 5.91 Å². The molecule has 3 aliphatic rings. The zero-order valence-electron chi connectivity index (χ0n) is 47.7. The Hall–Kier alpha value is -6.45. The smallest absolute Gasteiger partial charge is 0.410 e. The summed E-state index contributed by atoms with van der Waals surface area (Å²) in [6.07, 6.45) is 5.65. The minimum absolute atomic E-state index is 0.00424. The van der Waals surface area contributed by atoms with Crippen LogP contribution in [0.15, 0.2) is 84.2 Å². The molecule has 1 saturated heterocycles. The SMILES string of the molecule is [C-]#[N+]c1ccc(OC2C(C)(C)C(NC(=O)c3ccc(NCCOCCOCCOc4ccc(-c5csc([C@@H]6CCCN6C(=O)[C@@H](NC(=O)[C@H](C)N(C)C(=O)OC(C)(C)C)C6CCCCC6)n5)c5ccccc45)cc3)C2(C)C)cc1Cl. The number of aromatic nitrogens is 1. The summed E-state index contributed by atoms with van der Waals surface area (Å²) < 4.78 is 29.8. The molecule has 0 bridgehead atoms. The van der Waals surface area contributed by atoms with Crippen LogP contribution in [0.3, 0.4) is 0 Å². The number of benzene rings is 4. The van der Waals surface area contributed by atoms with Gasteiger partial charge < -0.3 is 44.5 Å². The van der Waals surface area contributed by atoms with Crippen LogP contribution in [0, 0.1) is 23.3 Å². The Balaban J connectivity index is 0.764. The highest BCUT2D eigenvalue weighted by Gasteiger charge is 2.64. The molecular formula is C62H78ClN7O9S. The van der Waals surface area contributed by atoms with Gasteiger partial charge in [0.1, 0.15) is 46.9 Å². The lowest BCUT2D eigenvalue weighted by atomic mass is 9.49. The predicted octanol–water partition coefficient (Wildman–Crippen LogP) is 12.3. The van der Waals surface area contributed by atoms with E-state index in [1.807, 2.05) is 59.5 Å². The fourth-order valence-electron chi connectivity index (χ4n) is 11.8. The molecule has 1 aromatic heterocycles. The Bertz CT molecular complexity index is 3000. The van der Waals surface area contributed by atoms with Crippen molar-refractivity contribution in [1.29, 1.82) is 0 Å². The number of anilines is 1. The quantitative estimate of drug-likeness (QED) is 0.0444. The number of rotatable bonds is 22. The third-order valence-electron chi connectivity index (χ3n) is 15.8. The third kappa shape index (κ3) is 14.0. The molecule has 3 N–H and O–H groups in total. The van der Waals surface area contributed by atoms with Crippen LogP contribution in [0.25, 0.3) is 26.9 Å². The van der Waals surface area contributed by atoms with Crippen LogP contribution in [0.5, 0.6) is 11.5 Å². The summed E-state index contributed by atoms with van der Waals surface area (Å²) in [6.45, 7) is 25.8. The first kappa shape index (κ1) is 59.7. The van der Waals surface area contributed by atoms with Gasteiger partial charge in [-0.3, -0.25) is 19.3 Å². The largest absolute Gasteiger partial charge is 0.491 e. The Morgan fingerprint density at radius 2 is 1.56 bits per heavy atom. The first-order valence-electron chi connectivity index (χ1n) is 28.0. The number of likely N-dealkylation sites (N-methyl/N-ethyl adjacent to an activating group) is 1. The van der Waals surface area contributed by atoms with Gasteiger partial charge in [-0.1, -0.05) is 88.9 Å². The number of amides is 4. The Labute approximate surface area is 480 Å². The number of carbonyl (C=O) groups is 4. The van der Waals surface area contributed by atoms with Crippen molar-refractivity contribution in [1.82, 2.24) is 25.4 Å². The highest BCUT2D eigenvalue weighted by atomic mass is 35.5. The maximum absolute atomic E-state index is 14.7. The van der Waals surface area contributed by atoms with Crippen LogP contribution < -0.4 is 25.4 Å². The summed E-state index contributed by atoms with van der Waals surface area (Å²) in [5, 5.41) is 14.9. The molecule has 4 aromatic carbocycles. The minimum atomic E-state index is -0.836. The molecule has 3 fully saturated rings. The number of hydrogen-bond donors (Lipinski definition) is 3. The standard InChI is InChI=1S/C62H78ClN7O9S/c1-39(69(10)59(74)79-60(2,3)4)53(71)67-52(40-17-12-11-13-18-40)56(73)70-31-16-21-50(70)55-66-49(38-80-55)45-27-29-51(46-20-15-14-19-44(45)46)77-36-35-76-34-33-75-32-30-65-42-24-22-41(23-25-42)54(72)68-57-61(5,6)58(62(57,7)8)78-43-26-28-48(64-9)47(63)37-43/h14-15,19-20,22-29,37-40,50,52,57-58,65H,11-13,16-18,21,30-36H2,1-8,10H3,(H,67,71)(H,68,72)/t39-,50-,52-,57?,58?/m0/s1. The van der Waals surface area contributed by atoms with Crippen molar-refractivity contribution in [3.8, 4) is 22.8 Å². The van der Waals surface area contributed by atoms with E-state index in [1.165, 1.54) is 4.90 Å². The molecule has 2 saturated carbocycles. The van der Waals surface area contributed by atoms with E-state index in [2.05, 4.69) is 59.9 Å². The molecule has 4 amide bonds. The van der Waals surface area contributed by atoms with Crippen LogP contribution in [-0.4, -0.2) is 122 Å². The van der Waals surface area contributed by atoms with Crippen molar-refractivity contribution in [2.75, 3.05) is 58.5 Å². The lowest BCUT2D eigenvalue weighted by Gasteiger charge is -2.63. The van der Waals surface area contributed by atoms with Crippen molar-refractivity contribution in [2.24, 2.45) is 16.7 Å². The fourth-order valence-corrected chi connectivity index (χ4v) is 13.0. The van der Waals surface area contributed by atoms with E-state index >= 15 is 0 Å². The van der Waals surface area contributed by atoms with Crippen LogP contribution >= 0.6 is 22.9 Å². The lowest BCUT2D eigenvalue weighted by molar-refractivity contribution is -0.164. The van der Waals surface area contributed by atoms with E-state index in [9.17, 15) is 19.2 Å². The van der Waals surface area contributed by atoms with Crippen LogP contribution in [0.4, 0.5) is 16.2 Å². The summed E-state index contributed by atoms with van der Waals surface area (Å²) in [6, 6.07) is 22.7. The van der Waals surface area contributed by atoms with Crippen LogP contribution in [-0.2, 0) is 23.8 Å². The van der Waals surface area contributed by atoms with Crippen molar-refractivity contribution in [3.63, 3.8) is 0 Å². The van der Waals surface area contributed by atoms with Crippen molar-refractivity contribution in [3.05, 3.63) is 111 Å². The van der Waals surface area contributed by atoms with E-state index in [-0.39, 0.29) is 52.7 Å². The maximum Gasteiger partial charge on any atom is 0.410 e. The van der Waals surface area contributed by atoms with E-state index in [4.69, 9.17) is 46.8 Å². The summed E-state index contributed by atoms with van der Waals surface area (Å²) >= 11 is 7.82. The summed E-state index contributed by atoms with van der Waals surface area (Å²) in [7, 11) is 1.55. The van der Waals surface area contributed by atoms with Gasteiger partial charge in [-0.05, 0) is 113 Å². The molecule has 8 rings (SSSR count). The molecule has 2 aliphatic carbocycles. The number of hydrogen-bond acceptors (Lipinski definition) is 12. The van der Waals surface area contributed by atoms with Gasteiger partial charge in [0, 0.05) is 64.6 Å². The van der Waals surface area contributed by atoms with E-state index < -0.39 is 23.8 Å². The number of nitrogens with zero attached hydrogens (tertiary/aromatic N) is 4. The number of carbonyl (C=O) groups excluding carboxylic acids is 4. The normalized spacial score (nSPS) is 19.5. The number of fused-ring (bicyclic) bond motifs is 1. The van der Waals surface area contributed by atoms with Gasteiger partial charge in [-0.2, -0.15) is 0 Å². The molecule has 0 radical (unpaired) electrons. The van der Waals surface area contributed by atoms with Crippen LogP contribution in [0.2, 0.25) is 5.02 Å². The average Bonchev–Trinajstić information content (AvgIpc) is 4.17. The zero-order valence-corrected chi connectivity index (χ0v) is 49.3. The van der Waals surface area contributed by atoms with Crippen molar-refractivity contribution >= 4 is 68.9 Å². The number of ether oxygens (including phenoxy) is 5. The number of nitrogens with one attached hydrogen (secondary N) is 3. The molecular weight excluding hydrogens is 1050 g/mol. The summed E-state index contributed by atoms with van der Waals surface area (Å²) in [5.41, 5.74) is 2.17. The molecule has 3 atom stereocenters. The van der Waals surface area contributed by atoms with Crippen molar-refractivity contribution < 1.29 is 42.9 Å². The molecule has 80 heavy (non-hydrogen) atoms. The second kappa shape index (κ2) is 26.0. The lowest BCUT2D eigenvalue weighted by Crippen LogP contribution is -2.74. The van der Waals surface area contributed by atoms with E-state index in [1.54, 1.807) is 64.3 Å². The first-order chi connectivity index (χ1) is 38.2. The highest BCUT2D eigenvalue weighted by Crippen LogP contribution is 2.56. The number of halogens is 1. The van der Waals surface area contributed by atoms with Gasteiger partial charge in [0.15, 0.2) is 0 Å². The van der Waals surface area contributed by atoms with Gasteiger partial charge in [0.2, 0.25) is 17.5 Å².